The van der Waals surface area contributed by atoms with Crippen LogP contribution in [0.25, 0.3) is 11.2 Å². The van der Waals surface area contributed by atoms with E-state index >= 15 is 0 Å². The molecule has 6 heteroatoms. The number of halogens is 1. The second-order valence-electron chi connectivity index (χ2n) is 4.37. The van der Waals surface area contributed by atoms with Gasteiger partial charge in [0, 0.05) is 17.8 Å². The molecule has 3 N–H and O–H groups in total. The van der Waals surface area contributed by atoms with E-state index in [2.05, 4.69) is 25.6 Å². The number of hydrogen-bond acceptors (Lipinski definition) is 4. The van der Waals surface area contributed by atoms with Crippen LogP contribution in [0, 0.1) is 0 Å². The highest BCUT2D eigenvalue weighted by molar-refractivity contribution is 6.30. The van der Waals surface area contributed by atoms with Gasteiger partial charge < -0.3 is 15.6 Å². The molecule has 0 saturated heterocycles. The van der Waals surface area contributed by atoms with E-state index in [0.717, 1.165) is 22.8 Å². The Kier molecular flexibility index (Phi) is 3.43. The number of rotatable bonds is 4. The van der Waals surface area contributed by atoms with Crippen LogP contribution < -0.4 is 10.6 Å². The largest absolute Gasteiger partial charge is 0.378 e. The minimum atomic E-state index is 0.589. The summed E-state index contributed by atoms with van der Waals surface area (Å²) in [7, 11) is 1.84. The maximum Gasteiger partial charge on any atom is 0.179 e. The van der Waals surface area contributed by atoms with E-state index in [1.807, 2.05) is 43.4 Å². The highest BCUT2D eigenvalue weighted by Gasteiger charge is 2.04. The number of aromatic nitrogens is 3. The Bertz CT molecular complexity index is 737. The lowest BCUT2D eigenvalue weighted by atomic mass is 10.3. The summed E-state index contributed by atoms with van der Waals surface area (Å²) in [5.41, 5.74) is 2.59. The third kappa shape index (κ3) is 2.67. The number of pyridine rings is 1. The van der Waals surface area contributed by atoms with Gasteiger partial charge in [0.15, 0.2) is 5.65 Å². The van der Waals surface area contributed by atoms with Gasteiger partial charge in [0.2, 0.25) is 0 Å². The first kappa shape index (κ1) is 12.7. The van der Waals surface area contributed by atoms with E-state index < -0.39 is 0 Å². The molecule has 5 nitrogen and oxygen atoms in total. The van der Waals surface area contributed by atoms with E-state index in [4.69, 9.17) is 11.6 Å². The Morgan fingerprint density at radius 2 is 2.10 bits per heavy atom. The molecule has 0 aliphatic carbocycles. The lowest BCUT2D eigenvalue weighted by Gasteiger charge is -2.03. The molecule has 0 aliphatic heterocycles. The Morgan fingerprint density at radius 3 is 2.90 bits per heavy atom. The van der Waals surface area contributed by atoms with Gasteiger partial charge in [-0.3, -0.25) is 0 Å². The first-order valence-electron chi connectivity index (χ1n) is 6.27. The van der Waals surface area contributed by atoms with E-state index in [-0.39, 0.29) is 0 Å². The summed E-state index contributed by atoms with van der Waals surface area (Å²) in [6.45, 7) is 0.589. The SMILES string of the molecule is CNc1ccc2[nH]c(CNc3cccc(Cl)c3)nc2n1. The van der Waals surface area contributed by atoms with Gasteiger partial charge in [0.1, 0.15) is 11.6 Å². The monoisotopic (exact) mass is 287 g/mol. The molecule has 0 radical (unpaired) electrons. The minimum Gasteiger partial charge on any atom is -0.378 e. The molecule has 0 spiro atoms. The molecule has 102 valence electrons. The predicted molar refractivity (Wildman–Crippen MR) is 82.2 cm³/mol. The normalized spacial score (nSPS) is 10.7. The molecule has 1 aromatic carbocycles. The van der Waals surface area contributed by atoms with Gasteiger partial charge in [-0.1, -0.05) is 17.7 Å². The first-order valence-corrected chi connectivity index (χ1v) is 6.65. The van der Waals surface area contributed by atoms with Crippen molar-refractivity contribution in [2.45, 2.75) is 6.54 Å². The lowest BCUT2D eigenvalue weighted by molar-refractivity contribution is 1.01. The maximum absolute atomic E-state index is 5.94. The molecule has 3 rings (SSSR count). The van der Waals surface area contributed by atoms with Gasteiger partial charge in [-0.25, -0.2) is 9.97 Å². The van der Waals surface area contributed by atoms with Crippen molar-refractivity contribution in [2.75, 3.05) is 17.7 Å². The number of imidazole rings is 1. The number of nitrogens with one attached hydrogen (secondary N) is 3. The van der Waals surface area contributed by atoms with Crippen molar-refractivity contribution in [1.29, 1.82) is 0 Å². The number of benzene rings is 1. The molecule has 2 heterocycles. The van der Waals surface area contributed by atoms with Crippen molar-refractivity contribution < 1.29 is 0 Å². The fourth-order valence-corrected chi connectivity index (χ4v) is 2.14. The maximum atomic E-state index is 5.94. The number of fused-ring (bicyclic) bond motifs is 1. The molecular weight excluding hydrogens is 274 g/mol. The molecule has 3 aromatic rings. The fourth-order valence-electron chi connectivity index (χ4n) is 1.95. The standard InChI is InChI=1S/C14H14ClN5/c1-16-12-6-5-11-14(19-12)20-13(18-11)8-17-10-4-2-3-9(15)7-10/h2-7,17H,8H2,1H3,(H2,16,18,19,20). The average molecular weight is 288 g/mol. The quantitative estimate of drug-likeness (QED) is 0.689. The molecular formula is C14H14ClN5. The fraction of sp³-hybridized carbons (Fsp3) is 0.143. The molecule has 0 amide bonds. The molecule has 0 atom stereocenters. The zero-order chi connectivity index (χ0) is 13.9. The third-order valence-corrected chi connectivity index (χ3v) is 3.17. The van der Waals surface area contributed by atoms with Crippen molar-refractivity contribution in [2.24, 2.45) is 0 Å². The van der Waals surface area contributed by atoms with Gasteiger partial charge in [-0.15, -0.1) is 0 Å². The van der Waals surface area contributed by atoms with Crippen molar-refractivity contribution in [3.05, 3.63) is 47.2 Å². The van der Waals surface area contributed by atoms with Crippen LogP contribution in [0.5, 0.6) is 0 Å². The van der Waals surface area contributed by atoms with Gasteiger partial charge >= 0.3 is 0 Å². The van der Waals surface area contributed by atoms with Crippen LogP contribution in [0.4, 0.5) is 11.5 Å². The van der Waals surface area contributed by atoms with Crippen LogP contribution in [0.2, 0.25) is 5.02 Å². The zero-order valence-electron chi connectivity index (χ0n) is 10.9. The number of hydrogen-bond donors (Lipinski definition) is 3. The van der Waals surface area contributed by atoms with Crippen LogP contribution in [0.15, 0.2) is 36.4 Å². The minimum absolute atomic E-state index is 0.589. The third-order valence-electron chi connectivity index (χ3n) is 2.94. The summed E-state index contributed by atoms with van der Waals surface area (Å²) in [5, 5.41) is 6.98. The van der Waals surface area contributed by atoms with Crippen LogP contribution in [0.1, 0.15) is 5.82 Å². The van der Waals surface area contributed by atoms with Crippen molar-refractivity contribution in [3.8, 4) is 0 Å². The topological polar surface area (TPSA) is 65.6 Å². The molecule has 0 bridgehead atoms. The van der Waals surface area contributed by atoms with Gasteiger partial charge in [-0.2, -0.15) is 0 Å². The van der Waals surface area contributed by atoms with Crippen LogP contribution >= 0.6 is 11.6 Å². The summed E-state index contributed by atoms with van der Waals surface area (Å²) < 4.78 is 0. The molecule has 0 unspecified atom stereocenters. The number of H-pyrrole nitrogens is 1. The first-order chi connectivity index (χ1) is 9.74. The molecule has 2 aromatic heterocycles. The molecule has 0 fully saturated rings. The average Bonchev–Trinajstić information content (AvgIpc) is 2.87. The van der Waals surface area contributed by atoms with Crippen molar-refractivity contribution in [1.82, 2.24) is 15.0 Å². The summed E-state index contributed by atoms with van der Waals surface area (Å²) in [5.74, 6) is 1.64. The zero-order valence-corrected chi connectivity index (χ0v) is 11.7. The van der Waals surface area contributed by atoms with Gasteiger partial charge in [0.25, 0.3) is 0 Å². The van der Waals surface area contributed by atoms with E-state index in [1.54, 1.807) is 0 Å². The number of aromatic amines is 1. The van der Waals surface area contributed by atoms with Crippen LogP contribution in [-0.4, -0.2) is 22.0 Å². The summed E-state index contributed by atoms with van der Waals surface area (Å²) in [4.78, 5) is 12.1. The van der Waals surface area contributed by atoms with Gasteiger partial charge in [0.05, 0.1) is 12.1 Å². The van der Waals surface area contributed by atoms with Gasteiger partial charge in [-0.05, 0) is 30.3 Å². The highest BCUT2D eigenvalue weighted by Crippen LogP contribution is 2.16. The smallest absolute Gasteiger partial charge is 0.179 e. The summed E-state index contributed by atoms with van der Waals surface area (Å²) in [6.07, 6.45) is 0. The molecule has 0 aliphatic rings. The molecule has 0 saturated carbocycles. The number of anilines is 2. The van der Waals surface area contributed by atoms with Crippen molar-refractivity contribution in [3.63, 3.8) is 0 Å². The molecule has 20 heavy (non-hydrogen) atoms. The van der Waals surface area contributed by atoms with E-state index in [9.17, 15) is 0 Å². The lowest BCUT2D eigenvalue weighted by Crippen LogP contribution is -2.00. The van der Waals surface area contributed by atoms with E-state index in [1.165, 1.54) is 0 Å². The van der Waals surface area contributed by atoms with Crippen LogP contribution in [-0.2, 0) is 6.54 Å². The van der Waals surface area contributed by atoms with E-state index in [0.29, 0.717) is 17.2 Å². The second kappa shape index (κ2) is 5.38. The summed E-state index contributed by atoms with van der Waals surface area (Å²) >= 11 is 5.94. The van der Waals surface area contributed by atoms with Crippen LogP contribution in [0.3, 0.4) is 0 Å². The number of nitrogens with zero attached hydrogens (tertiary/aromatic N) is 2. The predicted octanol–water partition coefficient (Wildman–Crippen LogP) is 3.27. The van der Waals surface area contributed by atoms with Crippen molar-refractivity contribution >= 4 is 34.3 Å². The Hall–Kier alpha value is -2.27. The highest BCUT2D eigenvalue weighted by atomic mass is 35.5. The Labute approximate surface area is 121 Å². The Morgan fingerprint density at radius 1 is 1.20 bits per heavy atom. The second-order valence-corrected chi connectivity index (χ2v) is 4.80. The summed E-state index contributed by atoms with van der Waals surface area (Å²) in [6, 6.07) is 11.5. The Balaban J connectivity index is 1.77.